The molecule has 0 aromatic carbocycles. The monoisotopic (exact) mass is 316 g/mol. The van der Waals surface area contributed by atoms with Crippen molar-refractivity contribution in [3.8, 4) is 5.00 Å². The van der Waals surface area contributed by atoms with Gasteiger partial charge in [-0.25, -0.2) is 0 Å². The minimum absolute atomic E-state index is 0.0989. The molecule has 1 N–H and O–H groups in total. The number of likely N-dealkylation sites (tertiary alicyclic amines) is 1. The number of hydrogen-bond acceptors (Lipinski definition) is 3. The third-order valence-electron chi connectivity index (χ3n) is 4.64. The van der Waals surface area contributed by atoms with Crippen LogP contribution in [0.1, 0.15) is 40.1 Å². The maximum atomic E-state index is 13.1. The van der Waals surface area contributed by atoms with Gasteiger partial charge in [-0.3, -0.25) is 4.79 Å². The number of piperidine rings is 1. The van der Waals surface area contributed by atoms with Gasteiger partial charge in [0, 0.05) is 30.4 Å². The van der Waals surface area contributed by atoms with Crippen LogP contribution in [0.15, 0.2) is 24.5 Å². The molecule has 1 saturated heterocycles. The number of β-amino-alcohol motifs (C(OH)–C–C–N with tert-alkyl or cyclic N) is 1. The Hall–Kier alpha value is -1.59. The number of amides is 1. The lowest BCUT2D eigenvalue weighted by atomic mass is 10.0. The highest BCUT2D eigenvalue weighted by atomic mass is 32.1. The number of hydrogen-bond donors (Lipinski definition) is 1. The molecule has 1 aliphatic carbocycles. The predicted molar refractivity (Wildman–Crippen MR) is 86.8 cm³/mol. The largest absolute Gasteiger partial charge is 0.391 e. The Morgan fingerprint density at radius 3 is 2.82 bits per heavy atom. The maximum Gasteiger partial charge on any atom is 0.257 e. The zero-order valence-electron chi connectivity index (χ0n) is 12.5. The molecule has 1 fully saturated rings. The number of aliphatic hydroxyl groups is 1. The van der Waals surface area contributed by atoms with E-state index in [1.807, 2.05) is 29.4 Å². The number of nitrogens with zero attached hydrogens (tertiary/aromatic N) is 2. The first kappa shape index (κ1) is 14.0. The normalized spacial score (nSPS) is 21.1. The lowest BCUT2D eigenvalue weighted by Crippen LogP contribution is -2.42. The number of aliphatic hydroxyl groups excluding tert-OH is 1. The second-order valence-corrected chi connectivity index (χ2v) is 7.26. The first-order valence-electron chi connectivity index (χ1n) is 7.99. The van der Waals surface area contributed by atoms with Gasteiger partial charge in [0.2, 0.25) is 0 Å². The number of fused-ring (bicyclic) bond motifs is 1. The van der Waals surface area contributed by atoms with Crippen LogP contribution in [0.4, 0.5) is 0 Å². The van der Waals surface area contributed by atoms with Crippen molar-refractivity contribution >= 4 is 17.2 Å². The van der Waals surface area contributed by atoms with Crippen molar-refractivity contribution in [2.24, 2.45) is 0 Å². The lowest BCUT2D eigenvalue weighted by molar-refractivity contribution is 0.0473. The number of aromatic nitrogens is 1. The van der Waals surface area contributed by atoms with Crippen LogP contribution < -0.4 is 0 Å². The molecule has 4 rings (SSSR count). The van der Waals surface area contributed by atoms with Gasteiger partial charge < -0.3 is 14.6 Å². The van der Waals surface area contributed by atoms with Crippen LogP contribution in [0.2, 0.25) is 0 Å². The summed E-state index contributed by atoms with van der Waals surface area (Å²) in [5, 5.41) is 10.9. The number of carbonyl (C=O) groups excluding carboxylic acids is 1. The zero-order valence-corrected chi connectivity index (χ0v) is 13.3. The summed E-state index contributed by atoms with van der Waals surface area (Å²) in [4.78, 5) is 16.3. The smallest absolute Gasteiger partial charge is 0.257 e. The van der Waals surface area contributed by atoms with Gasteiger partial charge in [0.25, 0.3) is 5.91 Å². The Labute approximate surface area is 134 Å². The molecule has 1 unspecified atom stereocenters. The van der Waals surface area contributed by atoms with Gasteiger partial charge in [-0.15, -0.1) is 11.3 Å². The Bertz CT molecular complexity index is 690. The zero-order chi connectivity index (χ0) is 15.1. The average Bonchev–Trinajstić information content (AvgIpc) is 3.22. The summed E-state index contributed by atoms with van der Waals surface area (Å²) in [6.07, 6.45) is 8.56. The van der Waals surface area contributed by atoms with Crippen LogP contribution in [0.3, 0.4) is 0 Å². The van der Waals surface area contributed by atoms with Crippen LogP contribution >= 0.6 is 11.3 Å². The van der Waals surface area contributed by atoms with E-state index >= 15 is 0 Å². The molecule has 0 spiro atoms. The minimum atomic E-state index is -0.376. The molecule has 4 nitrogen and oxygen atoms in total. The standard InChI is InChI=1S/C17H20N2O2S/c20-12-5-4-10-19(11-12)16(21)15-13-6-3-7-14(13)22-17(15)18-8-1-2-9-18/h1-2,8-9,12,20H,3-7,10-11H2. The van der Waals surface area contributed by atoms with Crippen LogP contribution in [0, 0.1) is 0 Å². The van der Waals surface area contributed by atoms with E-state index in [9.17, 15) is 9.90 Å². The quantitative estimate of drug-likeness (QED) is 0.926. The summed E-state index contributed by atoms with van der Waals surface area (Å²) in [6.45, 7) is 1.22. The first-order valence-corrected chi connectivity index (χ1v) is 8.81. The molecule has 1 atom stereocenters. The fourth-order valence-electron chi connectivity index (χ4n) is 3.56. The van der Waals surface area contributed by atoms with Gasteiger partial charge in [-0.2, -0.15) is 0 Å². The highest BCUT2D eigenvalue weighted by Crippen LogP contribution is 2.38. The van der Waals surface area contributed by atoms with Crippen molar-refractivity contribution in [3.05, 3.63) is 40.5 Å². The third kappa shape index (κ3) is 2.29. The van der Waals surface area contributed by atoms with Crippen LogP contribution in [-0.4, -0.2) is 39.7 Å². The summed E-state index contributed by atoms with van der Waals surface area (Å²) in [5.74, 6) is 0.0989. The minimum Gasteiger partial charge on any atom is -0.391 e. The summed E-state index contributed by atoms with van der Waals surface area (Å²) in [5.41, 5.74) is 2.13. The van der Waals surface area contributed by atoms with Gasteiger partial charge in [-0.05, 0) is 49.8 Å². The average molecular weight is 316 g/mol. The van der Waals surface area contributed by atoms with Gasteiger partial charge in [0.1, 0.15) is 5.00 Å². The van der Waals surface area contributed by atoms with Gasteiger partial charge in [-0.1, -0.05) is 0 Å². The molecule has 116 valence electrons. The fourth-order valence-corrected chi connectivity index (χ4v) is 4.91. The molecular weight excluding hydrogens is 296 g/mol. The Balaban J connectivity index is 1.75. The Morgan fingerprint density at radius 2 is 2.05 bits per heavy atom. The predicted octanol–water partition coefficient (Wildman–Crippen LogP) is 2.62. The molecule has 2 aliphatic rings. The number of thiophene rings is 1. The van der Waals surface area contributed by atoms with Gasteiger partial charge >= 0.3 is 0 Å². The summed E-state index contributed by atoms with van der Waals surface area (Å²) in [7, 11) is 0. The van der Waals surface area contributed by atoms with E-state index in [0.29, 0.717) is 6.54 Å². The number of carbonyl (C=O) groups is 1. The molecule has 1 aliphatic heterocycles. The number of rotatable bonds is 2. The Morgan fingerprint density at radius 1 is 1.23 bits per heavy atom. The Kier molecular flexibility index (Phi) is 3.54. The third-order valence-corrected chi connectivity index (χ3v) is 5.94. The van der Waals surface area contributed by atoms with Crippen molar-refractivity contribution in [3.63, 3.8) is 0 Å². The van der Waals surface area contributed by atoms with E-state index in [1.165, 1.54) is 10.4 Å². The molecule has 0 saturated carbocycles. The van der Waals surface area contributed by atoms with Crippen molar-refractivity contribution in [2.75, 3.05) is 13.1 Å². The molecule has 2 aromatic rings. The molecular formula is C17H20N2O2S. The second kappa shape index (κ2) is 5.56. The summed E-state index contributed by atoms with van der Waals surface area (Å²) in [6, 6.07) is 3.98. The molecule has 2 aromatic heterocycles. The van der Waals surface area contributed by atoms with E-state index in [2.05, 4.69) is 4.57 Å². The SMILES string of the molecule is O=C(c1c(-n2cccc2)sc2c1CCC2)N1CCCC(O)C1. The van der Waals surface area contributed by atoms with Crippen molar-refractivity contribution in [1.29, 1.82) is 0 Å². The van der Waals surface area contributed by atoms with Gasteiger partial charge in [0.15, 0.2) is 0 Å². The van der Waals surface area contributed by atoms with Crippen LogP contribution in [-0.2, 0) is 12.8 Å². The fraction of sp³-hybridized carbons (Fsp3) is 0.471. The van der Waals surface area contributed by atoms with E-state index in [1.54, 1.807) is 11.3 Å². The molecule has 0 radical (unpaired) electrons. The van der Waals surface area contributed by atoms with Crippen LogP contribution in [0.25, 0.3) is 5.00 Å². The molecule has 0 bridgehead atoms. The highest BCUT2D eigenvalue weighted by molar-refractivity contribution is 7.15. The highest BCUT2D eigenvalue weighted by Gasteiger charge is 2.31. The van der Waals surface area contributed by atoms with Gasteiger partial charge in [0.05, 0.1) is 11.7 Å². The second-order valence-electron chi connectivity index (χ2n) is 6.18. The molecule has 1 amide bonds. The van der Waals surface area contributed by atoms with Crippen molar-refractivity contribution in [1.82, 2.24) is 9.47 Å². The molecule has 5 heteroatoms. The van der Waals surface area contributed by atoms with E-state index in [0.717, 1.165) is 49.2 Å². The van der Waals surface area contributed by atoms with E-state index in [4.69, 9.17) is 0 Å². The topological polar surface area (TPSA) is 45.5 Å². The molecule has 3 heterocycles. The number of aryl methyl sites for hydroxylation is 1. The summed E-state index contributed by atoms with van der Waals surface area (Å²) >= 11 is 1.75. The van der Waals surface area contributed by atoms with Crippen molar-refractivity contribution < 1.29 is 9.90 Å². The maximum absolute atomic E-state index is 13.1. The van der Waals surface area contributed by atoms with Crippen LogP contribution in [0.5, 0.6) is 0 Å². The van der Waals surface area contributed by atoms with E-state index in [-0.39, 0.29) is 12.0 Å². The van der Waals surface area contributed by atoms with Crippen molar-refractivity contribution in [2.45, 2.75) is 38.2 Å². The first-order chi connectivity index (χ1) is 10.7. The van der Waals surface area contributed by atoms with E-state index < -0.39 is 0 Å². The molecule has 22 heavy (non-hydrogen) atoms. The summed E-state index contributed by atoms with van der Waals surface area (Å²) < 4.78 is 2.05. The lowest BCUT2D eigenvalue weighted by Gasteiger charge is -2.30.